The van der Waals surface area contributed by atoms with E-state index in [1.165, 1.54) is 29.3 Å². The van der Waals surface area contributed by atoms with Crippen LogP contribution in [0.1, 0.15) is 65.1 Å². The number of piperidine rings is 1. The smallest absolute Gasteiger partial charge is 0.265 e. The molecule has 7 heteroatoms. The Hall–Kier alpha value is -2.09. The number of carbonyl (C=O) groups excluding carboxylic acids is 1. The lowest BCUT2D eigenvalue weighted by atomic mass is 10.0. The molecule has 0 spiro atoms. The average molecular weight is 470 g/mol. The third-order valence-electron chi connectivity index (χ3n) is 6.73. The van der Waals surface area contributed by atoms with Gasteiger partial charge in [0.05, 0.1) is 5.56 Å². The number of halogens is 1. The maximum Gasteiger partial charge on any atom is 0.265 e. The van der Waals surface area contributed by atoms with Crippen LogP contribution in [-0.4, -0.2) is 47.4 Å². The molecule has 2 aromatic rings. The van der Waals surface area contributed by atoms with Gasteiger partial charge >= 0.3 is 0 Å². The van der Waals surface area contributed by atoms with Crippen molar-refractivity contribution in [3.05, 3.63) is 64.5 Å². The molecule has 33 heavy (non-hydrogen) atoms. The fourth-order valence-electron chi connectivity index (χ4n) is 4.48. The Kier molecular flexibility index (Phi) is 6.90. The molecule has 1 unspecified atom stereocenters. The highest BCUT2D eigenvalue weighted by molar-refractivity contribution is 7.95. The van der Waals surface area contributed by atoms with Crippen molar-refractivity contribution in [3.8, 4) is 5.75 Å². The molecule has 1 atom stereocenters. The first kappa shape index (κ1) is 22.7. The van der Waals surface area contributed by atoms with Crippen LogP contribution in [-0.2, 0) is 6.54 Å². The Morgan fingerprint density at radius 2 is 1.91 bits per heavy atom. The molecule has 1 saturated carbocycles. The molecule has 176 valence electrons. The first-order valence-electron chi connectivity index (χ1n) is 12.1. The number of rotatable bonds is 8. The number of carbonyl (C=O) groups is 1. The van der Waals surface area contributed by atoms with Crippen molar-refractivity contribution in [2.75, 3.05) is 26.2 Å². The van der Waals surface area contributed by atoms with Gasteiger partial charge in [-0.15, -0.1) is 0 Å². The zero-order valence-corrected chi connectivity index (χ0v) is 20.0. The lowest BCUT2D eigenvalue weighted by molar-refractivity contribution is 0.0832. The molecule has 2 aromatic carbocycles. The summed E-state index contributed by atoms with van der Waals surface area (Å²) in [6.45, 7) is 6.79. The van der Waals surface area contributed by atoms with Gasteiger partial charge in [0.25, 0.3) is 5.91 Å². The van der Waals surface area contributed by atoms with Crippen LogP contribution in [0.15, 0.2) is 36.4 Å². The normalized spacial score (nSPS) is 21.5. The molecule has 3 aliphatic rings. The summed E-state index contributed by atoms with van der Waals surface area (Å²) in [5.41, 5.74) is 3.66. The highest BCUT2D eigenvalue weighted by Crippen LogP contribution is 2.45. The number of nitrogens with zero attached hydrogens (tertiary/aromatic N) is 2. The summed E-state index contributed by atoms with van der Waals surface area (Å²) >= 11 is 1.27. The van der Waals surface area contributed by atoms with E-state index in [-0.39, 0.29) is 17.6 Å². The number of aryl methyl sites for hydroxylation is 1. The van der Waals surface area contributed by atoms with Crippen LogP contribution in [0, 0.1) is 12.7 Å². The van der Waals surface area contributed by atoms with E-state index in [1.54, 1.807) is 6.07 Å². The van der Waals surface area contributed by atoms with Gasteiger partial charge < -0.3 is 4.74 Å². The second-order valence-corrected chi connectivity index (χ2v) is 10.5. The van der Waals surface area contributed by atoms with Crippen LogP contribution >= 0.6 is 12.1 Å². The van der Waals surface area contributed by atoms with Crippen molar-refractivity contribution in [3.63, 3.8) is 0 Å². The predicted octanol–water partition coefficient (Wildman–Crippen LogP) is 5.05. The second kappa shape index (κ2) is 10.0. The molecule has 2 saturated heterocycles. The molecular weight excluding hydrogens is 437 g/mol. The van der Waals surface area contributed by atoms with Crippen molar-refractivity contribution in [2.45, 2.75) is 57.6 Å². The number of likely N-dealkylation sites (tertiary alicyclic amines) is 1. The standard InChI is InChI=1S/C26H32FN3O2S/c1-18-5-7-19(8-6-18)16-29-11-2-4-21(17-29)32-25-15-24(27)23(14-22(25)20-9-10-20)26(31)28-33-30-12-3-13-30/h5-8,14-15,20-21H,2-4,9-13,16-17H2,1H3,(H,28,31). The molecule has 1 amide bonds. The Labute approximate surface area is 199 Å². The van der Waals surface area contributed by atoms with Crippen LogP contribution < -0.4 is 9.46 Å². The van der Waals surface area contributed by atoms with E-state index in [1.807, 2.05) is 0 Å². The van der Waals surface area contributed by atoms with Gasteiger partial charge in [-0.25, -0.2) is 8.70 Å². The molecule has 5 nitrogen and oxygen atoms in total. The fourth-order valence-corrected chi connectivity index (χ4v) is 5.25. The van der Waals surface area contributed by atoms with Gasteiger partial charge in [0.15, 0.2) is 0 Å². The zero-order valence-electron chi connectivity index (χ0n) is 19.2. The van der Waals surface area contributed by atoms with E-state index in [4.69, 9.17) is 4.74 Å². The molecule has 0 radical (unpaired) electrons. The summed E-state index contributed by atoms with van der Waals surface area (Å²) in [6.07, 6.45) is 5.32. The fraction of sp³-hybridized carbons (Fsp3) is 0.500. The van der Waals surface area contributed by atoms with Crippen molar-refractivity contribution >= 4 is 18.0 Å². The summed E-state index contributed by atoms with van der Waals surface area (Å²) in [7, 11) is 0. The van der Waals surface area contributed by atoms with Gasteiger partial charge in [0.2, 0.25) is 0 Å². The molecule has 3 fully saturated rings. The first-order chi connectivity index (χ1) is 16.0. The van der Waals surface area contributed by atoms with Gasteiger partial charge in [0.1, 0.15) is 17.7 Å². The summed E-state index contributed by atoms with van der Waals surface area (Å²) < 4.78 is 26.2. The quantitative estimate of drug-likeness (QED) is 0.548. The van der Waals surface area contributed by atoms with Gasteiger partial charge in [-0.1, -0.05) is 29.8 Å². The van der Waals surface area contributed by atoms with Crippen molar-refractivity contribution in [1.82, 2.24) is 13.9 Å². The molecule has 1 aliphatic carbocycles. The number of hydrogen-bond donors (Lipinski definition) is 1. The van der Waals surface area contributed by atoms with Crippen LogP contribution in [0.3, 0.4) is 0 Å². The molecule has 0 aromatic heterocycles. The topological polar surface area (TPSA) is 44.8 Å². The van der Waals surface area contributed by atoms with Crippen LogP contribution in [0.2, 0.25) is 0 Å². The van der Waals surface area contributed by atoms with E-state index < -0.39 is 5.82 Å². The number of amides is 1. The lowest BCUT2D eigenvalue weighted by Gasteiger charge is -2.33. The Bertz CT molecular complexity index is 992. The van der Waals surface area contributed by atoms with Crippen LogP contribution in [0.4, 0.5) is 4.39 Å². The molecule has 2 aliphatic heterocycles. The summed E-state index contributed by atoms with van der Waals surface area (Å²) in [6, 6.07) is 11.8. The predicted molar refractivity (Wildman–Crippen MR) is 130 cm³/mol. The number of hydrogen-bond acceptors (Lipinski definition) is 5. The molecule has 1 N–H and O–H groups in total. The second-order valence-electron chi connectivity index (χ2n) is 9.55. The van der Waals surface area contributed by atoms with Crippen molar-refractivity contribution < 1.29 is 13.9 Å². The van der Waals surface area contributed by atoms with E-state index in [9.17, 15) is 9.18 Å². The SMILES string of the molecule is Cc1ccc(CN2CCCC(Oc3cc(F)c(C(=O)NSN4CCC4)cc3C3CC3)C2)cc1. The Morgan fingerprint density at radius 3 is 2.61 bits per heavy atom. The van der Waals surface area contributed by atoms with Gasteiger partial charge in [-0.3, -0.25) is 14.4 Å². The summed E-state index contributed by atoms with van der Waals surface area (Å²) in [4.78, 5) is 15.0. The molecule has 2 heterocycles. The summed E-state index contributed by atoms with van der Waals surface area (Å²) in [5.74, 6) is 0.0924. The minimum Gasteiger partial charge on any atom is -0.489 e. The third-order valence-corrected chi connectivity index (χ3v) is 7.63. The minimum atomic E-state index is -0.511. The lowest BCUT2D eigenvalue weighted by Crippen LogP contribution is -2.40. The van der Waals surface area contributed by atoms with E-state index in [0.29, 0.717) is 11.7 Å². The van der Waals surface area contributed by atoms with Crippen LogP contribution in [0.5, 0.6) is 5.75 Å². The monoisotopic (exact) mass is 469 g/mol. The maximum atomic E-state index is 15.0. The average Bonchev–Trinajstić information content (AvgIpc) is 3.60. The highest BCUT2D eigenvalue weighted by atomic mass is 32.2. The number of benzene rings is 2. The van der Waals surface area contributed by atoms with E-state index >= 15 is 0 Å². The minimum absolute atomic E-state index is 0.0303. The van der Waals surface area contributed by atoms with Crippen LogP contribution in [0.25, 0.3) is 0 Å². The number of nitrogens with one attached hydrogen (secondary N) is 1. The maximum absolute atomic E-state index is 15.0. The summed E-state index contributed by atoms with van der Waals surface area (Å²) in [5, 5.41) is 0. The highest BCUT2D eigenvalue weighted by Gasteiger charge is 2.31. The zero-order chi connectivity index (χ0) is 22.8. The van der Waals surface area contributed by atoms with Crippen molar-refractivity contribution in [2.24, 2.45) is 0 Å². The van der Waals surface area contributed by atoms with E-state index in [0.717, 1.165) is 70.4 Å². The Morgan fingerprint density at radius 1 is 1.12 bits per heavy atom. The third kappa shape index (κ3) is 5.70. The van der Waals surface area contributed by atoms with Gasteiger partial charge in [-0.2, -0.15) is 0 Å². The molecule has 5 rings (SSSR count). The first-order valence-corrected chi connectivity index (χ1v) is 12.8. The largest absolute Gasteiger partial charge is 0.489 e. The molecular formula is C26H32FN3O2S. The van der Waals surface area contributed by atoms with Gasteiger partial charge in [-0.05, 0) is 68.7 Å². The van der Waals surface area contributed by atoms with Crippen molar-refractivity contribution in [1.29, 1.82) is 0 Å². The Balaban J connectivity index is 1.25. The number of ether oxygens (including phenoxy) is 1. The van der Waals surface area contributed by atoms with Gasteiger partial charge in [0, 0.05) is 44.4 Å². The molecule has 0 bridgehead atoms. The van der Waals surface area contributed by atoms with E-state index in [2.05, 4.69) is 45.1 Å².